The number of nitrogens with zero attached hydrogens (tertiary/aromatic N) is 2. The molecule has 1 unspecified atom stereocenters. The molecule has 130 valence electrons. The molecule has 1 aliphatic heterocycles. The number of hydrazine groups is 1. The molecule has 9 heteroatoms. The van der Waals surface area contributed by atoms with E-state index in [2.05, 4.69) is 31.7 Å². The van der Waals surface area contributed by atoms with Crippen LogP contribution in [0.25, 0.3) is 0 Å². The van der Waals surface area contributed by atoms with E-state index in [0.29, 0.717) is 32.3 Å². The first-order valence-electron chi connectivity index (χ1n) is 7.16. The van der Waals surface area contributed by atoms with Gasteiger partial charge in [-0.3, -0.25) is 10.2 Å². The first-order chi connectivity index (χ1) is 11.9. The fourth-order valence-electron chi connectivity index (χ4n) is 2.26. The van der Waals surface area contributed by atoms with Crippen molar-refractivity contribution in [1.29, 1.82) is 0 Å². The molecular weight excluding hydrogens is 450 g/mol. The summed E-state index contributed by atoms with van der Waals surface area (Å²) in [6.07, 6.45) is 0. The lowest BCUT2D eigenvalue weighted by Gasteiger charge is -2.17. The average Bonchev–Trinajstić information content (AvgIpc) is 2.87. The zero-order valence-electron chi connectivity index (χ0n) is 12.9. The lowest BCUT2D eigenvalue weighted by Crippen LogP contribution is -2.36. The maximum absolute atomic E-state index is 12.6. The van der Waals surface area contributed by atoms with Crippen molar-refractivity contribution < 1.29 is 4.79 Å². The summed E-state index contributed by atoms with van der Waals surface area (Å²) < 4.78 is 0. The van der Waals surface area contributed by atoms with Crippen molar-refractivity contribution >= 4 is 79.5 Å². The van der Waals surface area contributed by atoms with Gasteiger partial charge in [-0.1, -0.05) is 50.7 Å². The van der Waals surface area contributed by atoms with E-state index in [0.717, 1.165) is 5.69 Å². The number of carbonyl (C=O) groups excluding carboxylic acids is 1. The van der Waals surface area contributed by atoms with Gasteiger partial charge >= 0.3 is 0 Å². The Balaban J connectivity index is 1.97. The standard InChI is InChI=1S/C16H12BrCl3N4O/c1-21-9-3-5-10(19)12(7-9)22-15-14(17)16(25)24(23-15)13-6-8(18)2-4-11(13)20/h2-7,14,21H,1H3,(H,22,23). The minimum atomic E-state index is -0.656. The smallest absolute Gasteiger partial charge is 0.267 e. The Labute approximate surface area is 168 Å². The number of nitrogens with one attached hydrogen (secondary N) is 2. The Morgan fingerprint density at radius 1 is 1.16 bits per heavy atom. The van der Waals surface area contributed by atoms with Gasteiger partial charge in [0.25, 0.3) is 5.91 Å². The van der Waals surface area contributed by atoms with Crippen LogP contribution in [0.5, 0.6) is 0 Å². The summed E-state index contributed by atoms with van der Waals surface area (Å²) in [6.45, 7) is 0. The van der Waals surface area contributed by atoms with Crippen molar-refractivity contribution in [2.24, 2.45) is 4.99 Å². The molecule has 1 saturated heterocycles. The third-order valence-corrected chi connectivity index (χ3v) is 5.23. The Hall–Kier alpha value is -1.47. The second kappa shape index (κ2) is 7.41. The van der Waals surface area contributed by atoms with Gasteiger partial charge in [-0.2, -0.15) is 0 Å². The van der Waals surface area contributed by atoms with Crippen LogP contribution in [0.2, 0.25) is 15.1 Å². The molecule has 2 aromatic carbocycles. The molecule has 0 aromatic heterocycles. The molecule has 0 bridgehead atoms. The van der Waals surface area contributed by atoms with Gasteiger partial charge in [-0.05, 0) is 36.4 Å². The van der Waals surface area contributed by atoms with Crippen molar-refractivity contribution in [1.82, 2.24) is 5.43 Å². The van der Waals surface area contributed by atoms with Gasteiger partial charge in [0.2, 0.25) is 0 Å². The van der Waals surface area contributed by atoms with E-state index < -0.39 is 4.83 Å². The molecule has 3 rings (SSSR count). The number of alkyl halides is 1. The summed E-state index contributed by atoms with van der Waals surface area (Å²) >= 11 is 21.7. The number of anilines is 2. The molecular formula is C16H12BrCl3N4O. The van der Waals surface area contributed by atoms with E-state index in [9.17, 15) is 4.79 Å². The maximum Gasteiger partial charge on any atom is 0.267 e. The van der Waals surface area contributed by atoms with E-state index in [1.54, 1.807) is 37.4 Å². The third kappa shape index (κ3) is 3.72. The molecule has 0 saturated carbocycles. The van der Waals surface area contributed by atoms with Crippen molar-refractivity contribution in [2.45, 2.75) is 4.83 Å². The van der Waals surface area contributed by atoms with Gasteiger partial charge in [-0.15, -0.1) is 0 Å². The zero-order chi connectivity index (χ0) is 18.1. The predicted octanol–water partition coefficient (Wildman–Crippen LogP) is 5.03. The highest BCUT2D eigenvalue weighted by Gasteiger charge is 2.37. The number of aliphatic imine (C=N–C) groups is 1. The minimum Gasteiger partial charge on any atom is -0.388 e. The largest absolute Gasteiger partial charge is 0.388 e. The molecule has 0 spiro atoms. The third-order valence-electron chi connectivity index (χ3n) is 3.53. The molecule has 5 nitrogen and oxygen atoms in total. The minimum absolute atomic E-state index is 0.260. The lowest BCUT2D eigenvalue weighted by atomic mass is 10.2. The molecule has 1 amide bonds. The number of rotatable bonds is 3. The Kier molecular flexibility index (Phi) is 5.43. The monoisotopic (exact) mass is 460 g/mol. The number of amidine groups is 1. The summed E-state index contributed by atoms with van der Waals surface area (Å²) in [7, 11) is 1.80. The van der Waals surface area contributed by atoms with Crippen molar-refractivity contribution in [3.05, 3.63) is 51.5 Å². The van der Waals surface area contributed by atoms with Crippen LogP contribution in [-0.4, -0.2) is 23.6 Å². The van der Waals surface area contributed by atoms with Gasteiger partial charge in [0.05, 0.1) is 21.4 Å². The summed E-state index contributed by atoms with van der Waals surface area (Å²) in [5, 5.41) is 5.66. The van der Waals surface area contributed by atoms with E-state index in [1.165, 1.54) is 5.01 Å². The Morgan fingerprint density at radius 2 is 1.88 bits per heavy atom. The van der Waals surface area contributed by atoms with Crippen LogP contribution in [-0.2, 0) is 4.79 Å². The molecule has 1 atom stereocenters. The number of amides is 1. The molecule has 0 radical (unpaired) electrons. The van der Waals surface area contributed by atoms with Crippen molar-refractivity contribution in [2.75, 3.05) is 17.4 Å². The van der Waals surface area contributed by atoms with Crippen LogP contribution in [0.4, 0.5) is 17.1 Å². The predicted molar refractivity (Wildman–Crippen MR) is 108 cm³/mol. The fourth-order valence-corrected chi connectivity index (χ4v) is 3.20. The van der Waals surface area contributed by atoms with Crippen LogP contribution in [0.1, 0.15) is 0 Å². The summed E-state index contributed by atoms with van der Waals surface area (Å²) in [4.78, 5) is 16.4. The van der Waals surface area contributed by atoms with Crippen LogP contribution in [0.3, 0.4) is 0 Å². The summed E-state index contributed by atoms with van der Waals surface area (Å²) in [5.74, 6) is 0.139. The number of hydrogen-bond acceptors (Lipinski definition) is 3. The van der Waals surface area contributed by atoms with Crippen LogP contribution in [0.15, 0.2) is 41.4 Å². The van der Waals surface area contributed by atoms with Gasteiger partial charge in [0, 0.05) is 17.8 Å². The Morgan fingerprint density at radius 3 is 2.60 bits per heavy atom. The van der Waals surface area contributed by atoms with E-state index in [-0.39, 0.29) is 5.91 Å². The van der Waals surface area contributed by atoms with Gasteiger partial charge in [0.15, 0.2) is 4.83 Å². The highest BCUT2D eigenvalue weighted by molar-refractivity contribution is 9.10. The fraction of sp³-hybridized carbons (Fsp3) is 0.125. The van der Waals surface area contributed by atoms with Crippen LogP contribution in [0, 0.1) is 0 Å². The topological polar surface area (TPSA) is 56.7 Å². The number of hydrogen-bond donors (Lipinski definition) is 2. The number of halogens is 4. The maximum atomic E-state index is 12.6. The van der Waals surface area contributed by atoms with E-state index >= 15 is 0 Å². The second-order valence-corrected chi connectivity index (χ2v) is 7.32. The highest BCUT2D eigenvalue weighted by atomic mass is 79.9. The van der Waals surface area contributed by atoms with Gasteiger partial charge in [0.1, 0.15) is 5.84 Å². The van der Waals surface area contributed by atoms with E-state index in [1.807, 2.05) is 6.07 Å². The van der Waals surface area contributed by atoms with Crippen molar-refractivity contribution in [3.63, 3.8) is 0 Å². The zero-order valence-corrected chi connectivity index (χ0v) is 16.7. The van der Waals surface area contributed by atoms with Crippen LogP contribution < -0.4 is 15.8 Å². The molecule has 1 aliphatic rings. The molecule has 0 aliphatic carbocycles. The first-order valence-corrected chi connectivity index (χ1v) is 9.21. The average molecular weight is 463 g/mol. The summed E-state index contributed by atoms with van der Waals surface area (Å²) in [6, 6.07) is 10.2. The molecule has 1 fully saturated rings. The van der Waals surface area contributed by atoms with Crippen molar-refractivity contribution in [3.8, 4) is 0 Å². The highest BCUT2D eigenvalue weighted by Crippen LogP contribution is 2.33. The van der Waals surface area contributed by atoms with Gasteiger partial charge in [-0.25, -0.2) is 10.0 Å². The molecule has 2 N–H and O–H groups in total. The SMILES string of the molecule is CNc1ccc(Cl)c(N=C2NN(c3cc(Cl)ccc3Cl)C(=O)C2Br)c1. The molecule has 2 aromatic rings. The normalized spacial score (nSPS) is 18.6. The van der Waals surface area contributed by atoms with Crippen LogP contribution >= 0.6 is 50.7 Å². The number of carbonyl (C=O) groups is 1. The first kappa shape index (κ1) is 18.3. The molecule has 25 heavy (non-hydrogen) atoms. The van der Waals surface area contributed by atoms with Gasteiger partial charge < -0.3 is 5.32 Å². The number of benzene rings is 2. The quantitative estimate of drug-likeness (QED) is 0.629. The lowest BCUT2D eigenvalue weighted by molar-refractivity contribution is -0.116. The van der Waals surface area contributed by atoms with E-state index in [4.69, 9.17) is 34.8 Å². The summed E-state index contributed by atoms with van der Waals surface area (Å²) in [5.41, 5.74) is 4.79. The molecule has 1 heterocycles. The second-order valence-electron chi connectivity index (χ2n) is 5.16. The Bertz CT molecular complexity index is 874.